The van der Waals surface area contributed by atoms with Crippen LogP contribution in [-0.4, -0.2) is 18.9 Å². The van der Waals surface area contributed by atoms with Gasteiger partial charge in [-0.2, -0.15) is 0 Å². The van der Waals surface area contributed by atoms with Gasteiger partial charge in [-0.05, 0) is 43.3 Å². The fourth-order valence-electron chi connectivity index (χ4n) is 2.24. The number of hydrogen-bond acceptors (Lipinski definition) is 3. The van der Waals surface area contributed by atoms with E-state index in [0.717, 1.165) is 18.5 Å². The summed E-state index contributed by atoms with van der Waals surface area (Å²) in [7, 11) is 0. The lowest BCUT2D eigenvalue weighted by molar-refractivity contribution is 0.0827. The highest BCUT2D eigenvalue weighted by Crippen LogP contribution is 2.27. The lowest BCUT2D eigenvalue weighted by Gasteiger charge is -2.31. The summed E-state index contributed by atoms with van der Waals surface area (Å²) in [6, 6.07) is 7.16. The molecule has 1 fully saturated rings. The van der Waals surface area contributed by atoms with E-state index in [1.165, 1.54) is 0 Å². The van der Waals surface area contributed by atoms with E-state index in [2.05, 4.69) is 5.32 Å². The molecule has 0 radical (unpaired) electrons. The monoisotopic (exact) mass is 263 g/mol. The molecule has 0 amide bonds. The van der Waals surface area contributed by atoms with Gasteiger partial charge in [-0.1, -0.05) is 18.5 Å². The SMILES string of the molecule is CC(C(=O)c1cc2cc(Cl)ccc2o1)C1CNC1. The molecule has 1 unspecified atom stereocenters. The van der Waals surface area contributed by atoms with Gasteiger partial charge in [0.25, 0.3) is 0 Å². The van der Waals surface area contributed by atoms with Gasteiger partial charge in [-0.25, -0.2) is 0 Å². The molecule has 0 spiro atoms. The summed E-state index contributed by atoms with van der Waals surface area (Å²) in [6.45, 7) is 3.80. The second-order valence-corrected chi connectivity index (χ2v) is 5.30. The summed E-state index contributed by atoms with van der Waals surface area (Å²) >= 11 is 5.92. The minimum atomic E-state index is 0.00211. The van der Waals surface area contributed by atoms with E-state index < -0.39 is 0 Å². The van der Waals surface area contributed by atoms with Crippen molar-refractivity contribution >= 4 is 28.4 Å². The van der Waals surface area contributed by atoms with Crippen molar-refractivity contribution in [1.29, 1.82) is 0 Å². The maximum absolute atomic E-state index is 12.3. The van der Waals surface area contributed by atoms with Crippen molar-refractivity contribution in [3.05, 3.63) is 35.0 Å². The lowest BCUT2D eigenvalue weighted by Crippen LogP contribution is -2.47. The fraction of sp³-hybridized carbons (Fsp3) is 0.357. The summed E-state index contributed by atoms with van der Waals surface area (Å²) < 4.78 is 5.60. The third-order valence-electron chi connectivity index (χ3n) is 3.65. The summed E-state index contributed by atoms with van der Waals surface area (Å²) in [6.07, 6.45) is 0. The van der Waals surface area contributed by atoms with Crippen LogP contribution in [0.1, 0.15) is 17.5 Å². The molecule has 3 nitrogen and oxygen atoms in total. The second kappa shape index (κ2) is 4.41. The van der Waals surface area contributed by atoms with E-state index in [1.807, 2.05) is 13.0 Å². The fourth-order valence-corrected chi connectivity index (χ4v) is 2.42. The normalized spacial score (nSPS) is 17.7. The van der Waals surface area contributed by atoms with Crippen molar-refractivity contribution in [3.63, 3.8) is 0 Å². The molecule has 0 bridgehead atoms. The molecule has 0 saturated carbocycles. The second-order valence-electron chi connectivity index (χ2n) is 4.86. The van der Waals surface area contributed by atoms with Crippen LogP contribution >= 0.6 is 11.6 Å². The third kappa shape index (κ3) is 1.93. The van der Waals surface area contributed by atoms with Gasteiger partial charge >= 0.3 is 0 Å². The molecule has 2 aromatic rings. The number of hydrogen-bond donors (Lipinski definition) is 1. The first kappa shape index (κ1) is 11.8. The van der Waals surface area contributed by atoms with Gasteiger partial charge in [0.2, 0.25) is 5.78 Å². The number of nitrogens with one attached hydrogen (secondary N) is 1. The van der Waals surface area contributed by atoms with Crippen molar-refractivity contribution in [2.45, 2.75) is 6.92 Å². The molecule has 1 aromatic carbocycles. The van der Waals surface area contributed by atoms with Crippen molar-refractivity contribution in [2.75, 3.05) is 13.1 Å². The molecule has 1 aliphatic rings. The maximum atomic E-state index is 12.3. The smallest absolute Gasteiger partial charge is 0.201 e. The summed E-state index contributed by atoms with van der Waals surface area (Å²) in [5.41, 5.74) is 0.710. The van der Waals surface area contributed by atoms with E-state index in [9.17, 15) is 4.79 Å². The number of carbonyl (C=O) groups is 1. The Morgan fingerprint density at radius 3 is 2.89 bits per heavy atom. The summed E-state index contributed by atoms with van der Waals surface area (Å²) in [5, 5.41) is 4.71. The number of halogens is 1. The highest BCUT2D eigenvalue weighted by molar-refractivity contribution is 6.31. The van der Waals surface area contributed by atoms with E-state index in [0.29, 0.717) is 22.3 Å². The molecule has 1 aliphatic heterocycles. The number of carbonyl (C=O) groups excluding carboxylic acids is 1. The molecule has 1 N–H and O–H groups in total. The third-order valence-corrected chi connectivity index (χ3v) is 3.89. The first-order valence-corrected chi connectivity index (χ1v) is 6.47. The molecule has 1 atom stereocenters. The standard InChI is InChI=1S/C14H14ClNO2/c1-8(10-6-16-7-10)14(17)13-5-9-4-11(15)2-3-12(9)18-13/h2-5,8,10,16H,6-7H2,1H3. The van der Waals surface area contributed by atoms with Gasteiger partial charge in [0.15, 0.2) is 5.76 Å². The molecule has 2 heterocycles. The van der Waals surface area contributed by atoms with Gasteiger partial charge in [-0.3, -0.25) is 4.79 Å². The van der Waals surface area contributed by atoms with Crippen molar-refractivity contribution < 1.29 is 9.21 Å². The molecular formula is C14H14ClNO2. The zero-order valence-electron chi connectivity index (χ0n) is 10.1. The predicted molar refractivity (Wildman–Crippen MR) is 71.1 cm³/mol. The molecule has 18 heavy (non-hydrogen) atoms. The van der Waals surface area contributed by atoms with Crippen LogP contribution in [0.25, 0.3) is 11.0 Å². The van der Waals surface area contributed by atoms with Crippen LogP contribution in [0.15, 0.2) is 28.7 Å². The Kier molecular flexibility index (Phi) is 2.88. The highest BCUT2D eigenvalue weighted by atomic mass is 35.5. The first-order chi connectivity index (χ1) is 8.65. The predicted octanol–water partition coefficient (Wildman–Crippen LogP) is 3.12. The molecular weight excluding hydrogens is 250 g/mol. The Hall–Kier alpha value is -1.32. The first-order valence-electron chi connectivity index (χ1n) is 6.09. The zero-order valence-corrected chi connectivity index (χ0v) is 10.8. The van der Waals surface area contributed by atoms with Gasteiger partial charge in [-0.15, -0.1) is 0 Å². The van der Waals surface area contributed by atoms with Crippen LogP contribution in [0, 0.1) is 11.8 Å². The van der Waals surface area contributed by atoms with E-state index in [4.69, 9.17) is 16.0 Å². The minimum Gasteiger partial charge on any atom is -0.453 e. The average molecular weight is 264 g/mol. The number of Topliss-reactive ketones (excluding diaryl/α,β-unsaturated/α-hetero) is 1. The van der Waals surface area contributed by atoms with Crippen LogP contribution < -0.4 is 5.32 Å². The van der Waals surface area contributed by atoms with Crippen LogP contribution in [-0.2, 0) is 0 Å². The topological polar surface area (TPSA) is 42.2 Å². The largest absolute Gasteiger partial charge is 0.453 e. The number of ketones is 1. The lowest BCUT2D eigenvalue weighted by atomic mass is 9.85. The molecule has 1 aromatic heterocycles. The Labute approximate surface area is 110 Å². The van der Waals surface area contributed by atoms with Gasteiger partial charge in [0.05, 0.1) is 0 Å². The van der Waals surface area contributed by atoms with Gasteiger partial charge < -0.3 is 9.73 Å². The van der Waals surface area contributed by atoms with E-state index >= 15 is 0 Å². The molecule has 94 valence electrons. The number of fused-ring (bicyclic) bond motifs is 1. The van der Waals surface area contributed by atoms with Gasteiger partial charge in [0.1, 0.15) is 5.58 Å². The van der Waals surface area contributed by atoms with Crippen LogP contribution in [0.5, 0.6) is 0 Å². The zero-order chi connectivity index (χ0) is 12.7. The Bertz CT molecular complexity index is 601. The molecule has 4 heteroatoms. The Balaban J connectivity index is 1.91. The Morgan fingerprint density at radius 1 is 1.44 bits per heavy atom. The van der Waals surface area contributed by atoms with Crippen LogP contribution in [0.4, 0.5) is 0 Å². The maximum Gasteiger partial charge on any atom is 0.201 e. The minimum absolute atomic E-state index is 0.00211. The average Bonchev–Trinajstić information content (AvgIpc) is 2.68. The summed E-state index contributed by atoms with van der Waals surface area (Å²) in [4.78, 5) is 12.3. The number of benzene rings is 1. The van der Waals surface area contributed by atoms with E-state index in [-0.39, 0.29) is 11.7 Å². The molecule has 0 aliphatic carbocycles. The van der Waals surface area contributed by atoms with Crippen LogP contribution in [0.2, 0.25) is 5.02 Å². The van der Waals surface area contributed by atoms with Crippen molar-refractivity contribution in [1.82, 2.24) is 5.32 Å². The molecule has 1 saturated heterocycles. The summed E-state index contributed by atoms with van der Waals surface area (Å²) in [5.74, 6) is 0.942. The number of rotatable bonds is 3. The van der Waals surface area contributed by atoms with Gasteiger partial charge in [0, 0.05) is 16.3 Å². The van der Waals surface area contributed by atoms with Crippen molar-refractivity contribution in [3.8, 4) is 0 Å². The quantitative estimate of drug-likeness (QED) is 0.865. The molecule has 3 rings (SSSR count). The van der Waals surface area contributed by atoms with Crippen LogP contribution in [0.3, 0.4) is 0 Å². The Morgan fingerprint density at radius 2 is 2.22 bits per heavy atom. The van der Waals surface area contributed by atoms with E-state index in [1.54, 1.807) is 18.2 Å². The highest BCUT2D eigenvalue weighted by Gasteiger charge is 2.30. The van der Waals surface area contributed by atoms with Crippen molar-refractivity contribution in [2.24, 2.45) is 11.8 Å². The number of furan rings is 1.